The predicted octanol–water partition coefficient (Wildman–Crippen LogP) is 0.683. The van der Waals surface area contributed by atoms with Crippen molar-refractivity contribution < 1.29 is 12.9 Å². The monoisotopic (exact) mass is 313 g/mol. The maximum Gasteiger partial charge on any atom is 0.258 e. The van der Waals surface area contributed by atoms with Gasteiger partial charge in [-0.3, -0.25) is 5.10 Å². The number of aromatic amines is 1. The molecule has 21 heavy (non-hydrogen) atoms. The summed E-state index contributed by atoms with van der Waals surface area (Å²) in [4.78, 5) is 0. The predicted molar refractivity (Wildman–Crippen MR) is 75.8 cm³/mol. The highest BCUT2D eigenvalue weighted by atomic mass is 32.2. The Morgan fingerprint density at radius 3 is 2.76 bits per heavy atom. The molecule has 2 aromatic heterocycles. The molecule has 0 radical (unpaired) electrons. The minimum Gasteiger partial charge on any atom is -0.360 e. The number of hydrogen-bond acceptors (Lipinski definition) is 6. The van der Waals surface area contributed by atoms with Crippen molar-refractivity contribution in [1.29, 1.82) is 0 Å². The lowest BCUT2D eigenvalue weighted by atomic mass is 10.3. The molecule has 116 valence electrons. The second-order valence-electron chi connectivity index (χ2n) is 5.02. The Kier molecular flexibility index (Phi) is 4.76. The van der Waals surface area contributed by atoms with Crippen molar-refractivity contribution in [3.8, 4) is 0 Å². The molecule has 8 nitrogen and oxygen atoms in total. The standard InChI is InChI=1S/C12H19N5O3S/c1-8(2)13-5-10-6-14-16-12(10)21(18,19)15-7-11-4-9(3)17-20-11/h4,6,8,13,15H,5,7H2,1-3H3,(H,14,16). The van der Waals surface area contributed by atoms with Crippen LogP contribution in [0.2, 0.25) is 0 Å². The lowest BCUT2D eigenvalue weighted by Crippen LogP contribution is -2.27. The number of nitrogens with zero attached hydrogens (tertiary/aromatic N) is 2. The summed E-state index contributed by atoms with van der Waals surface area (Å²) in [6.07, 6.45) is 1.50. The first kappa shape index (κ1) is 15.7. The van der Waals surface area contributed by atoms with Crippen molar-refractivity contribution >= 4 is 10.0 Å². The van der Waals surface area contributed by atoms with Crippen LogP contribution in [-0.2, 0) is 23.1 Å². The van der Waals surface area contributed by atoms with Crippen LogP contribution >= 0.6 is 0 Å². The molecule has 0 amide bonds. The largest absolute Gasteiger partial charge is 0.360 e. The summed E-state index contributed by atoms with van der Waals surface area (Å²) in [6.45, 7) is 6.20. The molecule has 0 saturated carbocycles. The van der Waals surface area contributed by atoms with Gasteiger partial charge in [0.25, 0.3) is 10.0 Å². The molecular formula is C12H19N5O3S. The average molecular weight is 313 g/mol. The summed E-state index contributed by atoms with van der Waals surface area (Å²) in [5, 5.41) is 13.3. The van der Waals surface area contributed by atoms with Crippen LogP contribution in [0, 0.1) is 6.92 Å². The molecule has 0 fully saturated rings. The molecule has 0 spiro atoms. The van der Waals surface area contributed by atoms with E-state index < -0.39 is 10.0 Å². The van der Waals surface area contributed by atoms with E-state index >= 15 is 0 Å². The van der Waals surface area contributed by atoms with Crippen molar-refractivity contribution in [3.05, 3.63) is 29.3 Å². The molecule has 0 aliphatic carbocycles. The quantitative estimate of drug-likeness (QED) is 0.693. The van der Waals surface area contributed by atoms with Crippen LogP contribution in [-0.4, -0.2) is 29.8 Å². The van der Waals surface area contributed by atoms with E-state index in [-0.39, 0.29) is 17.6 Å². The summed E-state index contributed by atoms with van der Waals surface area (Å²) < 4.78 is 32.0. The molecular weight excluding hydrogens is 294 g/mol. The number of hydrogen-bond donors (Lipinski definition) is 3. The third-order valence-corrected chi connectivity index (χ3v) is 4.18. The van der Waals surface area contributed by atoms with Gasteiger partial charge in [-0.2, -0.15) is 5.10 Å². The van der Waals surface area contributed by atoms with Crippen LogP contribution in [0.3, 0.4) is 0 Å². The van der Waals surface area contributed by atoms with Gasteiger partial charge in [-0.1, -0.05) is 19.0 Å². The molecule has 0 aliphatic rings. The molecule has 0 unspecified atom stereocenters. The number of sulfonamides is 1. The average Bonchev–Trinajstić information content (AvgIpc) is 3.03. The maximum atomic E-state index is 12.3. The van der Waals surface area contributed by atoms with Gasteiger partial charge < -0.3 is 9.84 Å². The van der Waals surface area contributed by atoms with Crippen LogP contribution in [0.4, 0.5) is 0 Å². The number of aromatic nitrogens is 3. The topological polar surface area (TPSA) is 113 Å². The van der Waals surface area contributed by atoms with E-state index in [1.54, 1.807) is 13.0 Å². The highest BCUT2D eigenvalue weighted by Crippen LogP contribution is 2.12. The lowest BCUT2D eigenvalue weighted by molar-refractivity contribution is 0.377. The zero-order chi connectivity index (χ0) is 15.5. The molecule has 2 rings (SSSR count). The third-order valence-electron chi connectivity index (χ3n) is 2.76. The second kappa shape index (κ2) is 6.37. The Labute approximate surface area is 123 Å². The zero-order valence-electron chi connectivity index (χ0n) is 12.2. The van der Waals surface area contributed by atoms with Gasteiger partial charge in [0.2, 0.25) is 0 Å². The van der Waals surface area contributed by atoms with E-state index in [2.05, 4.69) is 25.4 Å². The molecule has 2 heterocycles. The Hall–Kier alpha value is -1.71. The fourth-order valence-corrected chi connectivity index (χ4v) is 2.83. The summed E-state index contributed by atoms with van der Waals surface area (Å²) in [6, 6.07) is 1.93. The molecule has 0 saturated heterocycles. The molecule has 0 aromatic carbocycles. The first-order valence-electron chi connectivity index (χ1n) is 6.56. The Bertz CT molecular complexity index is 689. The van der Waals surface area contributed by atoms with E-state index in [4.69, 9.17) is 4.52 Å². The molecule has 0 atom stereocenters. The van der Waals surface area contributed by atoms with Gasteiger partial charge in [0.15, 0.2) is 10.8 Å². The van der Waals surface area contributed by atoms with Crippen molar-refractivity contribution in [2.24, 2.45) is 0 Å². The number of rotatable bonds is 7. The van der Waals surface area contributed by atoms with Crippen LogP contribution < -0.4 is 10.0 Å². The molecule has 0 bridgehead atoms. The maximum absolute atomic E-state index is 12.3. The van der Waals surface area contributed by atoms with Crippen molar-refractivity contribution in [3.63, 3.8) is 0 Å². The van der Waals surface area contributed by atoms with Crippen molar-refractivity contribution in [2.45, 2.75) is 44.9 Å². The number of nitrogens with one attached hydrogen (secondary N) is 3. The SMILES string of the molecule is Cc1cc(CNS(=O)(=O)c2[nH]ncc2CNC(C)C)on1. The summed E-state index contributed by atoms with van der Waals surface area (Å²) in [5.41, 5.74) is 1.29. The van der Waals surface area contributed by atoms with Crippen LogP contribution in [0.1, 0.15) is 30.9 Å². The van der Waals surface area contributed by atoms with E-state index in [0.717, 1.165) is 0 Å². The Morgan fingerprint density at radius 2 is 2.14 bits per heavy atom. The van der Waals surface area contributed by atoms with Crippen LogP contribution in [0.15, 0.2) is 21.8 Å². The van der Waals surface area contributed by atoms with Gasteiger partial charge in [0.05, 0.1) is 18.4 Å². The van der Waals surface area contributed by atoms with Gasteiger partial charge in [0.1, 0.15) is 0 Å². The second-order valence-corrected chi connectivity index (χ2v) is 6.72. The Balaban J connectivity index is 2.07. The van der Waals surface area contributed by atoms with Gasteiger partial charge in [0, 0.05) is 24.2 Å². The minimum absolute atomic E-state index is 0.0409. The zero-order valence-corrected chi connectivity index (χ0v) is 13.0. The molecule has 3 N–H and O–H groups in total. The van der Waals surface area contributed by atoms with Gasteiger partial charge >= 0.3 is 0 Å². The van der Waals surface area contributed by atoms with E-state index in [1.807, 2.05) is 13.8 Å². The van der Waals surface area contributed by atoms with Crippen molar-refractivity contribution in [1.82, 2.24) is 25.4 Å². The highest BCUT2D eigenvalue weighted by Gasteiger charge is 2.21. The fraction of sp³-hybridized carbons (Fsp3) is 0.500. The van der Waals surface area contributed by atoms with E-state index in [1.165, 1.54) is 6.20 Å². The van der Waals surface area contributed by atoms with Gasteiger partial charge in [-0.15, -0.1) is 0 Å². The van der Waals surface area contributed by atoms with Gasteiger partial charge in [-0.25, -0.2) is 13.1 Å². The summed E-state index contributed by atoms with van der Waals surface area (Å²) in [5.74, 6) is 0.456. The number of aryl methyl sites for hydroxylation is 1. The number of H-pyrrole nitrogens is 1. The molecule has 0 aliphatic heterocycles. The Morgan fingerprint density at radius 1 is 1.38 bits per heavy atom. The smallest absolute Gasteiger partial charge is 0.258 e. The minimum atomic E-state index is -3.68. The first-order chi connectivity index (χ1) is 9.88. The van der Waals surface area contributed by atoms with Crippen LogP contribution in [0.25, 0.3) is 0 Å². The fourth-order valence-electron chi connectivity index (χ4n) is 1.71. The summed E-state index contributed by atoms with van der Waals surface area (Å²) >= 11 is 0. The van der Waals surface area contributed by atoms with E-state index in [0.29, 0.717) is 23.6 Å². The molecule has 9 heteroatoms. The highest BCUT2D eigenvalue weighted by molar-refractivity contribution is 7.89. The molecule has 2 aromatic rings. The van der Waals surface area contributed by atoms with Crippen LogP contribution in [0.5, 0.6) is 0 Å². The van der Waals surface area contributed by atoms with Crippen molar-refractivity contribution in [2.75, 3.05) is 0 Å². The third kappa shape index (κ3) is 4.13. The van der Waals surface area contributed by atoms with Gasteiger partial charge in [-0.05, 0) is 6.92 Å². The summed E-state index contributed by atoms with van der Waals surface area (Å²) in [7, 11) is -3.68. The first-order valence-corrected chi connectivity index (χ1v) is 8.04. The van der Waals surface area contributed by atoms with E-state index in [9.17, 15) is 8.42 Å². The normalized spacial score (nSPS) is 12.2. The lowest BCUT2D eigenvalue weighted by Gasteiger charge is -2.09.